The van der Waals surface area contributed by atoms with Crippen molar-refractivity contribution < 1.29 is 9.13 Å². The van der Waals surface area contributed by atoms with Gasteiger partial charge in [0.2, 0.25) is 0 Å². The average Bonchev–Trinajstić information content (AvgIpc) is 2.83. The topological polar surface area (TPSA) is 24.8 Å². The standard InChI is InChI=1S/C20H25BrClFN2O/c1-13(9-14-10-17(22)18(21)19(23)20(14)24-2)5-3-4-8-25-15-6-7-16(25)12-26-11-15/h9-10,15-16H,1,3-8,11-12H2,2H3/b14-9-,24-20?. The van der Waals surface area contributed by atoms with Crippen molar-refractivity contribution in [3.63, 3.8) is 0 Å². The summed E-state index contributed by atoms with van der Waals surface area (Å²) in [6.07, 6.45) is 9.25. The second kappa shape index (κ2) is 8.96. The van der Waals surface area contributed by atoms with Crippen LogP contribution in [0.15, 0.2) is 50.2 Å². The Morgan fingerprint density at radius 2 is 2.12 bits per heavy atom. The number of hydrogen-bond donors (Lipinski definition) is 0. The van der Waals surface area contributed by atoms with Gasteiger partial charge in [0.05, 0.1) is 22.7 Å². The first kappa shape index (κ1) is 20.0. The highest BCUT2D eigenvalue weighted by Crippen LogP contribution is 2.34. The van der Waals surface area contributed by atoms with E-state index in [1.54, 1.807) is 13.1 Å². The molecule has 0 spiro atoms. The van der Waals surface area contributed by atoms with Crippen LogP contribution in [0.25, 0.3) is 0 Å². The Hall–Kier alpha value is -0.750. The van der Waals surface area contributed by atoms with Crippen LogP contribution in [0.4, 0.5) is 4.39 Å². The average molecular weight is 444 g/mol. The van der Waals surface area contributed by atoms with Gasteiger partial charge >= 0.3 is 0 Å². The lowest BCUT2D eigenvalue weighted by molar-refractivity contribution is -0.0149. The van der Waals surface area contributed by atoms with E-state index < -0.39 is 5.83 Å². The van der Waals surface area contributed by atoms with Crippen LogP contribution in [0.2, 0.25) is 0 Å². The molecule has 2 saturated heterocycles. The third-order valence-electron chi connectivity index (χ3n) is 5.31. The van der Waals surface area contributed by atoms with Gasteiger partial charge in [-0.3, -0.25) is 9.89 Å². The van der Waals surface area contributed by atoms with Gasteiger partial charge in [-0.2, -0.15) is 0 Å². The summed E-state index contributed by atoms with van der Waals surface area (Å²) in [5.74, 6) is -0.429. The van der Waals surface area contributed by atoms with E-state index in [9.17, 15) is 4.39 Å². The predicted molar refractivity (Wildman–Crippen MR) is 110 cm³/mol. The van der Waals surface area contributed by atoms with Gasteiger partial charge in [0.15, 0.2) is 5.83 Å². The molecule has 0 aromatic carbocycles. The van der Waals surface area contributed by atoms with Gasteiger partial charge in [0.1, 0.15) is 5.71 Å². The molecule has 0 aromatic rings. The van der Waals surface area contributed by atoms with Crippen molar-refractivity contribution in [2.75, 3.05) is 26.8 Å². The molecule has 2 heterocycles. The third-order valence-corrected chi connectivity index (χ3v) is 6.61. The number of hydrogen-bond acceptors (Lipinski definition) is 3. The second-order valence-electron chi connectivity index (χ2n) is 7.07. The van der Waals surface area contributed by atoms with E-state index >= 15 is 0 Å². The molecule has 3 rings (SSSR count). The van der Waals surface area contributed by atoms with Crippen LogP contribution in [-0.2, 0) is 4.74 Å². The maximum Gasteiger partial charge on any atom is 0.164 e. The van der Waals surface area contributed by atoms with Gasteiger partial charge in [-0.1, -0.05) is 29.8 Å². The Morgan fingerprint density at radius 3 is 2.77 bits per heavy atom. The highest BCUT2D eigenvalue weighted by Gasteiger charge is 2.36. The van der Waals surface area contributed by atoms with Crippen molar-refractivity contribution >= 4 is 33.2 Å². The van der Waals surface area contributed by atoms with E-state index in [4.69, 9.17) is 16.3 Å². The predicted octanol–water partition coefficient (Wildman–Crippen LogP) is 5.29. The summed E-state index contributed by atoms with van der Waals surface area (Å²) in [5, 5.41) is 0.344. The summed E-state index contributed by atoms with van der Waals surface area (Å²) in [6.45, 7) is 7.02. The minimum Gasteiger partial charge on any atom is -0.378 e. The molecule has 2 unspecified atom stereocenters. The molecular formula is C20H25BrClFN2O. The minimum atomic E-state index is -0.429. The smallest absolute Gasteiger partial charge is 0.164 e. The van der Waals surface area contributed by atoms with Crippen LogP contribution in [0, 0.1) is 0 Å². The Kier molecular flexibility index (Phi) is 6.89. The molecule has 2 fully saturated rings. The van der Waals surface area contributed by atoms with Crippen molar-refractivity contribution in [2.45, 2.75) is 44.2 Å². The fourth-order valence-electron chi connectivity index (χ4n) is 3.96. The fourth-order valence-corrected chi connectivity index (χ4v) is 4.46. The normalized spacial score (nSPS) is 29.6. The van der Waals surface area contributed by atoms with E-state index in [2.05, 4.69) is 32.4 Å². The van der Waals surface area contributed by atoms with E-state index in [0.29, 0.717) is 28.4 Å². The van der Waals surface area contributed by atoms with Gasteiger partial charge in [-0.05, 0) is 60.7 Å². The molecular weight excluding hydrogens is 419 g/mol. The molecule has 142 valence electrons. The zero-order valence-corrected chi connectivity index (χ0v) is 17.5. The van der Waals surface area contributed by atoms with E-state index in [-0.39, 0.29) is 4.48 Å². The summed E-state index contributed by atoms with van der Waals surface area (Å²) in [7, 11) is 1.58. The van der Waals surface area contributed by atoms with E-state index in [1.807, 2.05) is 6.08 Å². The lowest BCUT2D eigenvalue weighted by Crippen LogP contribution is -2.46. The van der Waals surface area contributed by atoms with Gasteiger partial charge in [-0.25, -0.2) is 4.39 Å². The van der Waals surface area contributed by atoms with Gasteiger partial charge in [0, 0.05) is 24.7 Å². The van der Waals surface area contributed by atoms with Crippen LogP contribution in [0.1, 0.15) is 32.1 Å². The third kappa shape index (κ3) is 4.38. The first-order chi connectivity index (χ1) is 12.5. The van der Waals surface area contributed by atoms with Crippen molar-refractivity contribution in [3.8, 4) is 0 Å². The molecule has 2 atom stereocenters. The number of fused-ring (bicyclic) bond motifs is 2. The van der Waals surface area contributed by atoms with E-state index in [1.165, 1.54) is 12.8 Å². The van der Waals surface area contributed by atoms with Crippen LogP contribution < -0.4 is 0 Å². The molecule has 2 aliphatic heterocycles. The molecule has 0 N–H and O–H groups in total. The number of ether oxygens (including phenoxy) is 1. The Bertz CT molecular complexity index is 682. The van der Waals surface area contributed by atoms with Crippen LogP contribution in [0.5, 0.6) is 0 Å². The molecule has 6 heteroatoms. The maximum atomic E-state index is 14.3. The first-order valence-corrected chi connectivity index (χ1v) is 10.3. The zero-order chi connectivity index (χ0) is 18.7. The molecule has 0 saturated carbocycles. The fraction of sp³-hybridized carbons (Fsp3) is 0.550. The maximum absolute atomic E-state index is 14.3. The zero-order valence-electron chi connectivity index (χ0n) is 15.1. The lowest BCUT2D eigenvalue weighted by atomic mass is 9.99. The van der Waals surface area contributed by atoms with Gasteiger partial charge in [-0.15, -0.1) is 0 Å². The summed E-state index contributed by atoms with van der Waals surface area (Å²) in [6, 6.07) is 1.23. The molecule has 1 aliphatic carbocycles. The number of rotatable bonds is 6. The lowest BCUT2D eigenvalue weighted by Gasteiger charge is -2.34. The van der Waals surface area contributed by atoms with Gasteiger partial charge in [0.25, 0.3) is 0 Å². The number of aliphatic imine (C=N–C) groups is 1. The molecule has 3 aliphatic rings. The van der Waals surface area contributed by atoms with Crippen molar-refractivity contribution in [1.29, 1.82) is 0 Å². The van der Waals surface area contributed by atoms with Crippen molar-refractivity contribution in [2.24, 2.45) is 4.99 Å². The minimum absolute atomic E-state index is 0.252. The summed E-state index contributed by atoms with van der Waals surface area (Å²) in [5.41, 5.74) is 1.96. The monoisotopic (exact) mass is 442 g/mol. The molecule has 0 radical (unpaired) electrons. The van der Waals surface area contributed by atoms with Crippen LogP contribution in [0.3, 0.4) is 0 Å². The molecule has 26 heavy (non-hydrogen) atoms. The number of nitrogens with zero attached hydrogens (tertiary/aromatic N) is 2. The highest BCUT2D eigenvalue weighted by atomic mass is 79.9. The molecule has 3 nitrogen and oxygen atoms in total. The highest BCUT2D eigenvalue weighted by molar-refractivity contribution is 9.12. The van der Waals surface area contributed by atoms with Crippen molar-refractivity contribution in [3.05, 3.63) is 45.2 Å². The van der Waals surface area contributed by atoms with Gasteiger partial charge < -0.3 is 4.74 Å². The van der Waals surface area contributed by atoms with Crippen LogP contribution in [-0.4, -0.2) is 49.5 Å². The summed E-state index contributed by atoms with van der Waals surface area (Å²) >= 11 is 9.24. The van der Waals surface area contributed by atoms with E-state index in [0.717, 1.165) is 44.6 Å². The van der Waals surface area contributed by atoms with Crippen molar-refractivity contribution in [1.82, 2.24) is 4.90 Å². The quantitative estimate of drug-likeness (QED) is 0.521. The summed E-state index contributed by atoms with van der Waals surface area (Å²) < 4.78 is 20.2. The number of allylic oxidation sites excluding steroid dienone is 7. The summed E-state index contributed by atoms with van der Waals surface area (Å²) in [4.78, 5) is 6.67. The number of halogens is 3. The van der Waals surface area contributed by atoms with Crippen LogP contribution >= 0.6 is 27.5 Å². The second-order valence-corrected chi connectivity index (χ2v) is 8.27. The molecule has 0 amide bonds. The Morgan fingerprint density at radius 1 is 1.42 bits per heavy atom. The molecule has 2 bridgehead atoms. The molecule has 0 aromatic heterocycles. The Balaban J connectivity index is 1.50. The largest absolute Gasteiger partial charge is 0.378 e. The number of morpholine rings is 1. The number of unbranched alkanes of at least 4 members (excludes halogenated alkanes) is 1. The SMILES string of the molecule is C=C(/C=C1/C=C(Cl)C(Br)=C(F)C1=NC)CCCCN1C2CCC1COC2. The first-order valence-electron chi connectivity index (χ1n) is 9.14. The Labute approximate surface area is 168 Å².